The second-order valence-electron chi connectivity index (χ2n) is 17.5. The zero-order valence-electron chi connectivity index (χ0n) is 39.1. The van der Waals surface area contributed by atoms with Crippen molar-refractivity contribution in [3.63, 3.8) is 0 Å². The van der Waals surface area contributed by atoms with Crippen LogP contribution in [-0.2, 0) is 0 Å². The molecule has 0 aromatic carbocycles. The van der Waals surface area contributed by atoms with Crippen molar-refractivity contribution < 1.29 is 4.74 Å². The minimum absolute atomic E-state index is 0.0148. The summed E-state index contributed by atoms with van der Waals surface area (Å²) in [7, 11) is 1.66. The van der Waals surface area contributed by atoms with Crippen molar-refractivity contribution in [1.29, 1.82) is 0 Å². The van der Waals surface area contributed by atoms with Crippen molar-refractivity contribution in [2.24, 2.45) is 0 Å². The maximum absolute atomic E-state index is 11.9. The van der Waals surface area contributed by atoms with Gasteiger partial charge in [0.25, 0.3) is 11.1 Å². The standard InChI is InChI=1S/C13H18N2.C12H15BrN2O.2C12H16N2O/c1-7(2)13-9(4)12-10(5)14-8(3)6-11(12)15-13;1-5(2)10-6(3)8-11(15-10)9(13)7(4)14-12(8)16;1-7(2)11-8(3)10-9(14-11)5-6-13-12(10)15-4;1-6(2)10-7(3)9-5-13-12(15)8(4)11(9)14-10/h6-7,15H,1-5H3;5,15H,1-4H3,(H,14,16);5-7,14H,1-4H3;5-6,14H,1-4H3,(H,13,15). The first-order valence-corrected chi connectivity index (χ1v) is 22.0. The molecule has 11 nitrogen and oxygen atoms in total. The molecule has 0 radical (unpaired) electrons. The van der Waals surface area contributed by atoms with E-state index < -0.39 is 0 Å². The van der Waals surface area contributed by atoms with Crippen molar-refractivity contribution in [1.82, 2.24) is 39.9 Å². The number of methoxy groups -OCH3 is 1. The quantitative estimate of drug-likeness (QED) is 0.101. The molecule has 8 rings (SSSR count). The van der Waals surface area contributed by atoms with Gasteiger partial charge >= 0.3 is 0 Å². The molecule has 0 atom stereocenters. The van der Waals surface area contributed by atoms with Crippen LogP contribution in [0.5, 0.6) is 5.88 Å². The molecule has 326 valence electrons. The largest absolute Gasteiger partial charge is 0.480 e. The van der Waals surface area contributed by atoms with E-state index in [1.165, 1.54) is 44.7 Å². The number of aromatic nitrogens is 8. The first kappa shape index (κ1) is 46.7. The Balaban J connectivity index is 0.000000154. The van der Waals surface area contributed by atoms with Crippen LogP contribution < -0.4 is 15.9 Å². The van der Waals surface area contributed by atoms with E-state index in [0.717, 1.165) is 71.1 Å². The molecule has 6 N–H and O–H groups in total. The average molecular weight is 894 g/mol. The van der Waals surface area contributed by atoms with Crippen LogP contribution in [0.4, 0.5) is 0 Å². The third kappa shape index (κ3) is 9.29. The van der Waals surface area contributed by atoms with Crippen LogP contribution in [-0.4, -0.2) is 47.0 Å². The Hall–Kier alpha value is -5.36. The summed E-state index contributed by atoms with van der Waals surface area (Å²) in [6, 6.07) is 4.11. The Morgan fingerprint density at radius 3 is 1.67 bits per heavy atom. The highest BCUT2D eigenvalue weighted by Crippen LogP contribution is 2.33. The van der Waals surface area contributed by atoms with E-state index in [4.69, 9.17) is 4.74 Å². The molecular weight excluding hydrogens is 828 g/mol. The molecule has 0 amide bonds. The summed E-state index contributed by atoms with van der Waals surface area (Å²) in [4.78, 5) is 51.3. The molecule has 0 bridgehead atoms. The van der Waals surface area contributed by atoms with Gasteiger partial charge in [0.15, 0.2) is 0 Å². The second-order valence-corrected chi connectivity index (χ2v) is 18.3. The third-order valence-electron chi connectivity index (χ3n) is 11.6. The molecule has 0 saturated heterocycles. The zero-order chi connectivity index (χ0) is 45.4. The SMILES string of the molecule is COc1nccc2[nH]c(C(C)C)c(C)c12.Cc1[nH]c(=O)c2c(C)c(C(C)C)[nH]c2c1Br.Cc1c(C(C)C)[nH]c2c(C)c(=O)[nH]cc12.Cc1cc2[nH]c(C(C)C)c(C)c2c(C)n1. The molecule has 8 heterocycles. The topological polar surface area (TPSA) is 164 Å². The fourth-order valence-electron chi connectivity index (χ4n) is 8.52. The van der Waals surface area contributed by atoms with Crippen molar-refractivity contribution >= 4 is 59.5 Å². The minimum atomic E-state index is -0.0173. The predicted octanol–water partition coefficient (Wildman–Crippen LogP) is 12.6. The summed E-state index contributed by atoms with van der Waals surface area (Å²) in [6.45, 7) is 33.5. The highest BCUT2D eigenvalue weighted by Gasteiger charge is 2.18. The van der Waals surface area contributed by atoms with E-state index >= 15 is 0 Å². The third-order valence-corrected chi connectivity index (χ3v) is 12.6. The first-order chi connectivity index (χ1) is 28.6. The normalized spacial score (nSPS) is 11.5. The number of nitrogens with zero attached hydrogens (tertiary/aromatic N) is 2. The molecule has 12 heteroatoms. The lowest BCUT2D eigenvalue weighted by Gasteiger charge is -2.03. The van der Waals surface area contributed by atoms with Gasteiger partial charge in [-0.1, -0.05) is 55.4 Å². The van der Waals surface area contributed by atoms with Crippen LogP contribution in [0.15, 0.2) is 38.6 Å². The Labute approximate surface area is 367 Å². The number of ether oxygens (including phenoxy) is 1. The monoisotopic (exact) mass is 892 g/mol. The molecule has 0 aliphatic heterocycles. The van der Waals surface area contributed by atoms with E-state index in [-0.39, 0.29) is 11.1 Å². The maximum Gasteiger partial charge on any atom is 0.257 e. The van der Waals surface area contributed by atoms with Gasteiger partial charge in [-0.3, -0.25) is 14.6 Å². The number of aromatic amines is 6. The minimum Gasteiger partial charge on any atom is -0.480 e. The van der Waals surface area contributed by atoms with Gasteiger partial charge in [0.1, 0.15) is 0 Å². The average Bonchev–Trinajstić information content (AvgIpc) is 3.93. The molecule has 0 aliphatic carbocycles. The van der Waals surface area contributed by atoms with Crippen LogP contribution in [0.3, 0.4) is 0 Å². The lowest BCUT2D eigenvalue weighted by molar-refractivity contribution is 0.403. The molecule has 61 heavy (non-hydrogen) atoms. The smallest absolute Gasteiger partial charge is 0.257 e. The molecule has 0 aliphatic rings. The van der Waals surface area contributed by atoms with Crippen molar-refractivity contribution in [3.8, 4) is 5.88 Å². The lowest BCUT2D eigenvalue weighted by Crippen LogP contribution is -2.08. The van der Waals surface area contributed by atoms with E-state index in [1.54, 1.807) is 19.5 Å². The van der Waals surface area contributed by atoms with Crippen molar-refractivity contribution in [3.05, 3.63) is 117 Å². The second kappa shape index (κ2) is 18.7. The summed E-state index contributed by atoms with van der Waals surface area (Å²) in [6.07, 6.45) is 3.56. The number of rotatable bonds is 5. The zero-order valence-corrected chi connectivity index (χ0v) is 40.7. The molecule has 8 aromatic rings. The lowest BCUT2D eigenvalue weighted by atomic mass is 10.0. The van der Waals surface area contributed by atoms with Gasteiger partial charge < -0.3 is 34.6 Å². The van der Waals surface area contributed by atoms with Crippen LogP contribution >= 0.6 is 15.9 Å². The van der Waals surface area contributed by atoms with Crippen LogP contribution in [0.1, 0.15) is 147 Å². The van der Waals surface area contributed by atoms with E-state index in [2.05, 4.69) is 145 Å². The Morgan fingerprint density at radius 1 is 0.590 bits per heavy atom. The number of aryl methyl sites for hydroxylation is 8. The van der Waals surface area contributed by atoms with Gasteiger partial charge in [-0.15, -0.1) is 0 Å². The molecule has 0 spiro atoms. The summed E-state index contributed by atoms with van der Waals surface area (Å²) in [5, 5.41) is 4.28. The summed E-state index contributed by atoms with van der Waals surface area (Å²) in [5.74, 6) is 2.57. The van der Waals surface area contributed by atoms with Gasteiger partial charge in [-0.2, -0.15) is 0 Å². The maximum atomic E-state index is 11.9. The van der Waals surface area contributed by atoms with Crippen molar-refractivity contribution in [2.45, 2.75) is 134 Å². The van der Waals surface area contributed by atoms with Gasteiger partial charge in [0, 0.05) is 74.1 Å². The highest BCUT2D eigenvalue weighted by molar-refractivity contribution is 9.10. The van der Waals surface area contributed by atoms with Gasteiger partial charge in [0.2, 0.25) is 5.88 Å². The predicted molar refractivity (Wildman–Crippen MR) is 259 cm³/mol. The summed E-state index contributed by atoms with van der Waals surface area (Å²) in [5.41, 5.74) is 17.8. The van der Waals surface area contributed by atoms with Crippen LogP contribution in [0.25, 0.3) is 43.6 Å². The number of nitrogens with one attached hydrogen (secondary N) is 6. The number of hydrogen-bond acceptors (Lipinski definition) is 5. The Bertz CT molecular complexity index is 2970. The Morgan fingerprint density at radius 2 is 1.10 bits per heavy atom. The first-order valence-electron chi connectivity index (χ1n) is 21.2. The van der Waals surface area contributed by atoms with Crippen molar-refractivity contribution in [2.75, 3.05) is 7.11 Å². The van der Waals surface area contributed by atoms with Gasteiger partial charge in [0.05, 0.1) is 38.9 Å². The number of fused-ring (bicyclic) bond motifs is 4. The highest BCUT2D eigenvalue weighted by atomic mass is 79.9. The fraction of sp³-hybridized carbons (Fsp3) is 0.429. The molecular formula is C49H65BrN8O3. The van der Waals surface area contributed by atoms with E-state index in [1.807, 2.05) is 33.8 Å². The van der Waals surface area contributed by atoms with E-state index in [9.17, 15) is 9.59 Å². The van der Waals surface area contributed by atoms with Crippen LogP contribution in [0.2, 0.25) is 0 Å². The van der Waals surface area contributed by atoms with Crippen LogP contribution in [0, 0.1) is 55.4 Å². The molecule has 8 aromatic heterocycles. The molecule has 0 unspecified atom stereocenters. The number of hydrogen-bond donors (Lipinski definition) is 6. The number of halogens is 1. The number of pyridine rings is 4. The summed E-state index contributed by atoms with van der Waals surface area (Å²) >= 11 is 3.51. The molecule has 0 fully saturated rings. The Kier molecular flexibility index (Phi) is 14.3. The van der Waals surface area contributed by atoms with E-state index in [0.29, 0.717) is 29.6 Å². The van der Waals surface area contributed by atoms with Gasteiger partial charge in [-0.05, 0) is 129 Å². The summed E-state index contributed by atoms with van der Waals surface area (Å²) < 4.78 is 6.21. The van der Waals surface area contributed by atoms with Gasteiger partial charge in [-0.25, -0.2) is 4.98 Å². The fourth-order valence-corrected chi connectivity index (χ4v) is 8.92. The molecule has 0 saturated carbocycles. The number of H-pyrrole nitrogens is 6.